The van der Waals surface area contributed by atoms with Gasteiger partial charge in [-0.3, -0.25) is 0 Å². The number of aliphatic hydroxyl groups is 1. The molecule has 0 aliphatic carbocycles. The zero-order valence-corrected chi connectivity index (χ0v) is 7.89. The second kappa shape index (κ2) is 3.26. The molecule has 0 fully saturated rings. The molecular weight excluding hydrogens is 184 g/mol. The molecule has 5 nitrogen and oxygen atoms in total. The fourth-order valence-corrected chi connectivity index (χ4v) is 1.09. The van der Waals surface area contributed by atoms with E-state index in [1.54, 1.807) is 13.2 Å². The van der Waals surface area contributed by atoms with Gasteiger partial charge in [-0.05, 0) is 19.9 Å². The molecule has 2 rings (SSSR count). The molecular formula is C9H10N2O3. The molecule has 2 heterocycles. The van der Waals surface area contributed by atoms with Crippen molar-refractivity contribution in [3.05, 3.63) is 23.7 Å². The monoisotopic (exact) mass is 194 g/mol. The van der Waals surface area contributed by atoms with Crippen molar-refractivity contribution in [3.8, 4) is 11.7 Å². The number of furan rings is 1. The maximum atomic E-state index is 9.19. The van der Waals surface area contributed by atoms with Crippen molar-refractivity contribution < 1.29 is 14.0 Å². The highest BCUT2D eigenvalue weighted by molar-refractivity contribution is 5.49. The van der Waals surface area contributed by atoms with Crippen molar-refractivity contribution in [2.75, 3.05) is 0 Å². The van der Waals surface area contributed by atoms with E-state index >= 15 is 0 Å². The van der Waals surface area contributed by atoms with E-state index in [9.17, 15) is 5.11 Å². The van der Waals surface area contributed by atoms with Gasteiger partial charge in [-0.2, -0.15) is 4.98 Å². The number of nitrogens with zero attached hydrogens (tertiary/aromatic N) is 2. The number of hydrogen-bond acceptors (Lipinski definition) is 5. The van der Waals surface area contributed by atoms with Crippen LogP contribution in [0.15, 0.2) is 21.3 Å². The Morgan fingerprint density at radius 1 is 1.50 bits per heavy atom. The molecule has 2 aromatic heterocycles. The fraction of sp³-hybridized carbons (Fsp3) is 0.333. The van der Waals surface area contributed by atoms with Gasteiger partial charge in [-0.25, -0.2) is 0 Å². The maximum Gasteiger partial charge on any atom is 0.293 e. The normalized spacial score (nSPS) is 13.1. The molecule has 0 saturated carbocycles. The van der Waals surface area contributed by atoms with Gasteiger partial charge >= 0.3 is 0 Å². The molecule has 0 amide bonds. The summed E-state index contributed by atoms with van der Waals surface area (Å²) in [5.74, 6) is 1.10. The van der Waals surface area contributed by atoms with E-state index in [-0.39, 0.29) is 5.82 Å². The molecule has 0 aliphatic heterocycles. The summed E-state index contributed by atoms with van der Waals surface area (Å²) in [6.45, 7) is 3.45. The Labute approximate surface area is 80.4 Å². The highest BCUT2D eigenvalue weighted by Gasteiger charge is 2.16. The molecule has 5 heteroatoms. The molecule has 1 unspecified atom stereocenters. The van der Waals surface area contributed by atoms with Gasteiger partial charge in [0.05, 0.1) is 6.26 Å². The van der Waals surface area contributed by atoms with Crippen molar-refractivity contribution in [2.45, 2.75) is 20.0 Å². The third-order valence-corrected chi connectivity index (χ3v) is 1.87. The van der Waals surface area contributed by atoms with E-state index in [2.05, 4.69) is 10.1 Å². The molecule has 0 aromatic carbocycles. The number of rotatable bonds is 2. The Kier molecular flexibility index (Phi) is 2.09. The molecule has 1 atom stereocenters. The largest absolute Gasteiger partial charge is 0.459 e. The molecule has 2 aromatic rings. The third kappa shape index (κ3) is 1.42. The summed E-state index contributed by atoms with van der Waals surface area (Å²) >= 11 is 0. The lowest BCUT2D eigenvalue weighted by molar-refractivity contribution is 0.184. The van der Waals surface area contributed by atoms with E-state index in [1.165, 1.54) is 0 Å². The quantitative estimate of drug-likeness (QED) is 0.787. The van der Waals surface area contributed by atoms with Crippen LogP contribution < -0.4 is 0 Å². The van der Waals surface area contributed by atoms with Crippen molar-refractivity contribution in [2.24, 2.45) is 0 Å². The lowest BCUT2D eigenvalue weighted by Gasteiger charge is -1.91. The first-order valence-electron chi connectivity index (χ1n) is 4.24. The smallest absolute Gasteiger partial charge is 0.293 e. The Hall–Kier alpha value is -1.62. The van der Waals surface area contributed by atoms with Gasteiger partial charge in [0.2, 0.25) is 5.82 Å². The van der Waals surface area contributed by atoms with Crippen LogP contribution in [0.1, 0.15) is 24.4 Å². The van der Waals surface area contributed by atoms with Crippen molar-refractivity contribution in [1.29, 1.82) is 0 Å². The maximum absolute atomic E-state index is 9.19. The number of hydrogen-bond donors (Lipinski definition) is 1. The summed E-state index contributed by atoms with van der Waals surface area (Å²) in [7, 11) is 0. The zero-order valence-electron chi connectivity index (χ0n) is 7.89. The van der Waals surface area contributed by atoms with Crippen molar-refractivity contribution in [1.82, 2.24) is 10.1 Å². The van der Waals surface area contributed by atoms with E-state index in [0.29, 0.717) is 11.7 Å². The standard InChI is InChI=1S/C9H10N2O3/c1-5-3-4-13-7(5)9-10-8(6(2)12)11-14-9/h3-4,6,12H,1-2H3. The van der Waals surface area contributed by atoms with Gasteiger partial charge in [-0.1, -0.05) is 5.16 Å². The predicted molar refractivity (Wildman–Crippen MR) is 47.4 cm³/mol. The van der Waals surface area contributed by atoms with Gasteiger partial charge in [0.1, 0.15) is 6.10 Å². The van der Waals surface area contributed by atoms with E-state index in [4.69, 9.17) is 8.94 Å². The van der Waals surface area contributed by atoms with E-state index in [1.807, 2.05) is 13.0 Å². The first-order valence-corrected chi connectivity index (χ1v) is 4.24. The lowest BCUT2D eigenvalue weighted by Crippen LogP contribution is -1.92. The predicted octanol–water partition coefficient (Wildman–Crippen LogP) is 1.69. The van der Waals surface area contributed by atoms with Crippen molar-refractivity contribution in [3.63, 3.8) is 0 Å². The van der Waals surface area contributed by atoms with Gasteiger partial charge in [0, 0.05) is 5.56 Å². The van der Waals surface area contributed by atoms with Crippen LogP contribution in [-0.4, -0.2) is 15.2 Å². The first kappa shape index (κ1) is 8.96. The van der Waals surface area contributed by atoms with Gasteiger partial charge in [0.15, 0.2) is 5.76 Å². The third-order valence-electron chi connectivity index (χ3n) is 1.87. The number of aromatic nitrogens is 2. The molecule has 0 spiro atoms. The summed E-state index contributed by atoms with van der Waals surface area (Å²) in [5.41, 5.74) is 0.922. The van der Waals surface area contributed by atoms with Gasteiger partial charge in [0.25, 0.3) is 5.89 Å². The van der Waals surface area contributed by atoms with E-state index < -0.39 is 6.10 Å². The van der Waals surface area contributed by atoms with Crippen LogP contribution in [0.2, 0.25) is 0 Å². The topological polar surface area (TPSA) is 72.3 Å². The van der Waals surface area contributed by atoms with Crippen molar-refractivity contribution >= 4 is 0 Å². The van der Waals surface area contributed by atoms with Gasteiger partial charge in [-0.15, -0.1) is 0 Å². The average Bonchev–Trinajstić information content (AvgIpc) is 2.71. The summed E-state index contributed by atoms with van der Waals surface area (Å²) < 4.78 is 10.1. The summed E-state index contributed by atoms with van der Waals surface area (Å²) in [6, 6.07) is 1.81. The fourth-order valence-electron chi connectivity index (χ4n) is 1.09. The molecule has 1 N–H and O–H groups in total. The highest BCUT2D eigenvalue weighted by Crippen LogP contribution is 2.23. The number of aliphatic hydroxyl groups excluding tert-OH is 1. The van der Waals surface area contributed by atoms with Crippen LogP contribution in [-0.2, 0) is 0 Å². The minimum absolute atomic E-state index is 0.260. The Morgan fingerprint density at radius 3 is 2.79 bits per heavy atom. The van der Waals surface area contributed by atoms with E-state index in [0.717, 1.165) is 5.56 Å². The van der Waals surface area contributed by atoms with Crippen LogP contribution >= 0.6 is 0 Å². The van der Waals surface area contributed by atoms with Crippen LogP contribution in [0.3, 0.4) is 0 Å². The zero-order chi connectivity index (χ0) is 10.1. The summed E-state index contributed by atoms with van der Waals surface area (Å²) in [6.07, 6.45) is 0.819. The Bertz CT molecular complexity index is 431. The van der Waals surface area contributed by atoms with Gasteiger partial charge < -0.3 is 14.0 Å². The molecule has 0 saturated heterocycles. The minimum Gasteiger partial charge on any atom is -0.459 e. The molecule has 14 heavy (non-hydrogen) atoms. The molecule has 0 aliphatic rings. The van der Waals surface area contributed by atoms with Crippen LogP contribution in [0.25, 0.3) is 11.7 Å². The number of aryl methyl sites for hydroxylation is 1. The highest BCUT2D eigenvalue weighted by atomic mass is 16.5. The Morgan fingerprint density at radius 2 is 2.29 bits per heavy atom. The van der Waals surface area contributed by atoms with Crippen LogP contribution in [0.4, 0.5) is 0 Å². The van der Waals surface area contributed by atoms with Crippen LogP contribution in [0, 0.1) is 6.92 Å². The first-order chi connectivity index (χ1) is 6.68. The summed E-state index contributed by atoms with van der Waals surface area (Å²) in [4.78, 5) is 3.99. The summed E-state index contributed by atoms with van der Waals surface area (Å²) in [5, 5.41) is 12.8. The molecule has 0 bridgehead atoms. The average molecular weight is 194 g/mol. The molecule has 74 valence electrons. The minimum atomic E-state index is -0.734. The second-order valence-electron chi connectivity index (χ2n) is 3.07. The lowest BCUT2D eigenvalue weighted by atomic mass is 10.3. The molecule has 0 radical (unpaired) electrons. The SMILES string of the molecule is Cc1ccoc1-c1nc(C(C)O)no1. The Balaban J connectivity index is 2.39. The van der Waals surface area contributed by atoms with Crippen LogP contribution in [0.5, 0.6) is 0 Å². The second-order valence-corrected chi connectivity index (χ2v) is 3.07.